The van der Waals surface area contributed by atoms with Crippen LogP contribution in [0.1, 0.15) is 5.56 Å². The second-order valence-corrected chi connectivity index (χ2v) is 5.11. The number of para-hydroxylation sites is 1. The molecule has 3 heterocycles. The second kappa shape index (κ2) is 3.05. The topological polar surface area (TPSA) is 4.93 Å². The minimum atomic E-state index is 1.01. The molecule has 2 aliphatic rings. The summed E-state index contributed by atoms with van der Waals surface area (Å²) in [6.45, 7) is 1.01. The van der Waals surface area contributed by atoms with Crippen LogP contribution >= 0.6 is 11.8 Å². The average Bonchev–Trinajstić information content (AvgIpc) is 2.68. The van der Waals surface area contributed by atoms with Gasteiger partial charge in [0.1, 0.15) is 0 Å². The molecular formula is C14H11NS. The van der Waals surface area contributed by atoms with Crippen LogP contribution in [0.5, 0.6) is 0 Å². The Morgan fingerprint density at radius 2 is 2.25 bits per heavy atom. The highest BCUT2D eigenvalue weighted by Crippen LogP contribution is 2.21. The molecule has 0 spiro atoms. The third kappa shape index (κ3) is 0.978. The molecule has 0 atom stereocenters. The van der Waals surface area contributed by atoms with Crippen molar-refractivity contribution in [3.05, 3.63) is 40.4 Å². The first kappa shape index (κ1) is 8.71. The predicted molar refractivity (Wildman–Crippen MR) is 71.6 cm³/mol. The van der Waals surface area contributed by atoms with Gasteiger partial charge in [-0.05, 0) is 17.0 Å². The number of hydrogen-bond acceptors (Lipinski definition) is 1. The number of fused-ring (bicyclic) bond motifs is 3. The van der Waals surface area contributed by atoms with E-state index >= 15 is 0 Å². The van der Waals surface area contributed by atoms with E-state index in [1.807, 2.05) is 11.8 Å². The zero-order valence-corrected chi connectivity index (χ0v) is 9.63. The van der Waals surface area contributed by atoms with Gasteiger partial charge in [-0.1, -0.05) is 30.4 Å². The van der Waals surface area contributed by atoms with Crippen molar-refractivity contribution in [1.82, 2.24) is 4.57 Å². The maximum atomic E-state index is 2.44. The molecule has 0 fully saturated rings. The third-order valence-electron chi connectivity index (χ3n) is 3.35. The number of aromatic nitrogens is 1. The Morgan fingerprint density at radius 1 is 1.25 bits per heavy atom. The van der Waals surface area contributed by atoms with Crippen LogP contribution in [0.3, 0.4) is 0 Å². The fourth-order valence-electron chi connectivity index (χ4n) is 2.70. The molecule has 1 nitrogen and oxygen atoms in total. The van der Waals surface area contributed by atoms with Crippen LogP contribution in [0, 0.1) is 0 Å². The molecule has 0 radical (unpaired) electrons. The van der Waals surface area contributed by atoms with E-state index in [2.05, 4.69) is 46.4 Å². The molecule has 0 N–H and O–H groups in total. The van der Waals surface area contributed by atoms with E-state index < -0.39 is 0 Å². The van der Waals surface area contributed by atoms with Gasteiger partial charge in [0.15, 0.2) is 0 Å². The number of benzene rings is 1. The summed E-state index contributed by atoms with van der Waals surface area (Å²) in [7, 11) is 0. The van der Waals surface area contributed by atoms with E-state index in [4.69, 9.17) is 0 Å². The van der Waals surface area contributed by atoms with Crippen LogP contribution < -0.4 is 10.6 Å². The maximum Gasteiger partial charge on any atom is 0.0567 e. The molecule has 16 heavy (non-hydrogen) atoms. The van der Waals surface area contributed by atoms with Gasteiger partial charge < -0.3 is 4.57 Å². The summed E-state index contributed by atoms with van der Waals surface area (Å²) < 4.78 is 2.44. The molecule has 0 bridgehead atoms. The van der Waals surface area contributed by atoms with Crippen LogP contribution in [0.15, 0.2) is 24.3 Å². The Kier molecular flexibility index (Phi) is 1.66. The summed E-state index contributed by atoms with van der Waals surface area (Å²) in [5.74, 6) is 1.10. The fraction of sp³-hybridized carbons (Fsp3) is 0.143. The van der Waals surface area contributed by atoms with Gasteiger partial charge in [-0.2, -0.15) is 0 Å². The van der Waals surface area contributed by atoms with Gasteiger partial charge in [0.2, 0.25) is 0 Å². The van der Waals surface area contributed by atoms with Crippen molar-refractivity contribution in [2.24, 2.45) is 0 Å². The lowest BCUT2D eigenvalue weighted by molar-refractivity contribution is 0.825. The zero-order chi connectivity index (χ0) is 10.5. The lowest BCUT2D eigenvalue weighted by Gasteiger charge is -2.10. The number of thioether (sulfide) groups is 1. The van der Waals surface area contributed by atoms with Gasteiger partial charge in [-0.15, -0.1) is 11.8 Å². The van der Waals surface area contributed by atoms with Crippen LogP contribution in [0.2, 0.25) is 0 Å². The van der Waals surface area contributed by atoms with Crippen molar-refractivity contribution in [1.29, 1.82) is 0 Å². The summed E-state index contributed by atoms with van der Waals surface area (Å²) in [6, 6.07) is 6.60. The van der Waals surface area contributed by atoms with E-state index in [-0.39, 0.29) is 0 Å². The molecule has 0 saturated carbocycles. The van der Waals surface area contributed by atoms with E-state index in [1.54, 1.807) is 0 Å². The van der Waals surface area contributed by atoms with Gasteiger partial charge in [0, 0.05) is 28.3 Å². The van der Waals surface area contributed by atoms with Crippen LogP contribution in [-0.2, 0) is 6.54 Å². The highest BCUT2D eigenvalue weighted by molar-refractivity contribution is 8.06. The molecule has 0 unspecified atom stereocenters. The molecule has 0 aliphatic carbocycles. The van der Waals surface area contributed by atoms with Crippen LogP contribution in [-0.4, -0.2) is 10.3 Å². The van der Waals surface area contributed by atoms with Crippen molar-refractivity contribution in [2.45, 2.75) is 6.54 Å². The highest BCUT2D eigenvalue weighted by Gasteiger charge is 2.13. The van der Waals surface area contributed by atoms with Gasteiger partial charge in [0.05, 0.1) is 5.52 Å². The summed E-state index contributed by atoms with van der Waals surface area (Å²) in [6.07, 6.45) is 6.83. The summed E-state index contributed by atoms with van der Waals surface area (Å²) in [5, 5.41) is 6.53. The lowest BCUT2D eigenvalue weighted by Crippen LogP contribution is -2.30. The van der Waals surface area contributed by atoms with Crippen molar-refractivity contribution in [2.75, 3.05) is 5.75 Å². The third-order valence-corrected chi connectivity index (χ3v) is 4.12. The second-order valence-electron chi connectivity index (χ2n) is 4.21. The molecule has 2 heteroatoms. The van der Waals surface area contributed by atoms with E-state index in [0.29, 0.717) is 0 Å². The van der Waals surface area contributed by atoms with Gasteiger partial charge in [-0.25, -0.2) is 0 Å². The minimum Gasteiger partial charge on any atom is -0.336 e. The Morgan fingerprint density at radius 3 is 3.25 bits per heavy atom. The smallest absolute Gasteiger partial charge is 0.0567 e. The quantitative estimate of drug-likeness (QED) is 0.663. The molecule has 2 aromatic rings. The predicted octanol–water partition coefficient (Wildman–Crippen LogP) is 1.93. The molecule has 0 amide bonds. The number of allylic oxidation sites excluding steroid dienone is 1. The minimum absolute atomic E-state index is 1.01. The Balaban J connectivity index is 2.38. The number of nitrogens with zero attached hydrogens (tertiary/aromatic N) is 1. The zero-order valence-electron chi connectivity index (χ0n) is 8.81. The fourth-order valence-corrected chi connectivity index (χ4v) is 3.46. The first-order valence-electron chi connectivity index (χ1n) is 5.55. The Hall–Kier alpha value is -1.41. The van der Waals surface area contributed by atoms with Crippen molar-refractivity contribution >= 4 is 40.2 Å². The normalized spacial score (nSPS) is 16.8. The molecule has 1 aromatic carbocycles. The first-order valence-corrected chi connectivity index (χ1v) is 6.60. The summed E-state index contributed by atoms with van der Waals surface area (Å²) in [4.78, 5) is 0. The average molecular weight is 225 g/mol. The maximum absolute atomic E-state index is 2.44. The van der Waals surface area contributed by atoms with Gasteiger partial charge >= 0.3 is 0 Å². The summed E-state index contributed by atoms with van der Waals surface area (Å²) >= 11 is 1.89. The van der Waals surface area contributed by atoms with E-state index in [9.17, 15) is 0 Å². The van der Waals surface area contributed by atoms with E-state index in [1.165, 1.54) is 27.0 Å². The Labute approximate surface area is 97.8 Å². The van der Waals surface area contributed by atoms with Crippen molar-refractivity contribution < 1.29 is 0 Å². The summed E-state index contributed by atoms with van der Waals surface area (Å²) in [5.41, 5.74) is 2.76. The number of rotatable bonds is 0. The Bertz CT molecular complexity index is 734. The molecule has 1 aromatic heterocycles. The van der Waals surface area contributed by atoms with Gasteiger partial charge in [-0.3, -0.25) is 0 Å². The highest BCUT2D eigenvalue weighted by atomic mass is 32.2. The number of hydrogen-bond donors (Lipinski definition) is 0. The molecule has 4 rings (SSSR count). The largest absolute Gasteiger partial charge is 0.336 e. The van der Waals surface area contributed by atoms with E-state index in [0.717, 1.165) is 12.3 Å². The lowest BCUT2D eigenvalue weighted by atomic mass is 10.1. The van der Waals surface area contributed by atoms with Crippen LogP contribution in [0.25, 0.3) is 28.5 Å². The monoisotopic (exact) mass is 225 g/mol. The van der Waals surface area contributed by atoms with Gasteiger partial charge in [0.25, 0.3) is 0 Å². The standard InChI is InChI=1S/C14H11NS/c1-3-10-4-2-7-15-13-6-8-16-9-12(13)11(5-1)14(10)15/h1-6,9H,7-8H2. The van der Waals surface area contributed by atoms with Crippen molar-refractivity contribution in [3.63, 3.8) is 0 Å². The molecule has 0 saturated heterocycles. The first-order chi connectivity index (χ1) is 7.95. The van der Waals surface area contributed by atoms with Crippen molar-refractivity contribution in [3.8, 4) is 0 Å². The van der Waals surface area contributed by atoms with Crippen LogP contribution in [0.4, 0.5) is 0 Å². The molecule has 2 aliphatic heterocycles. The molecule has 78 valence electrons. The SMILES string of the molecule is C1=Cc2cccc3c4c(n(c23)C1)=CCSC=4. The molecular weight excluding hydrogens is 214 g/mol.